The molecule has 4 aliphatic rings. The van der Waals surface area contributed by atoms with E-state index in [1.54, 1.807) is 0 Å². The molecule has 0 radical (unpaired) electrons. The SMILES string of the molecule is C[C@]12C[C@@H](O)[C@H]3[C@@H](C[C@@H](O)C4=CC(O)CC[C@@]43C)[C@@H]1CC[C@@H]2O. The molecule has 130 valence electrons. The highest BCUT2D eigenvalue weighted by molar-refractivity contribution is 5.30. The molecule has 0 saturated heterocycles. The summed E-state index contributed by atoms with van der Waals surface area (Å²) >= 11 is 0. The second-order valence-corrected chi connectivity index (χ2v) is 9.06. The number of fused-ring (bicyclic) bond motifs is 5. The fourth-order valence-electron chi connectivity index (χ4n) is 6.86. The second-order valence-electron chi connectivity index (χ2n) is 9.06. The summed E-state index contributed by atoms with van der Waals surface area (Å²) in [6, 6.07) is 0. The maximum atomic E-state index is 11.0. The van der Waals surface area contributed by atoms with E-state index in [0.717, 1.165) is 24.8 Å². The average molecular weight is 322 g/mol. The molecule has 0 aromatic rings. The van der Waals surface area contributed by atoms with Gasteiger partial charge in [0, 0.05) is 0 Å². The predicted octanol–water partition coefficient (Wildman–Crippen LogP) is 1.61. The van der Waals surface area contributed by atoms with Gasteiger partial charge in [-0.2, -0.15) is 0 Å². The zero-order chi connectivity index (χ0) is 16.6. The lowest BCUT2D eigenvalue weighted by atomic mass is 9.46. The highest BCUT2D eigenvalue weighted by Crippen LogP contribution is 2.65. The summed E-state index contributed by atoms with van der Waals surface area (Å²) in [6.07, 6.45) is 4.71. The van der Waals surface area contributed by atoms with E-state index in [9.17, 15) is 20.4 Å². The van der Waals surface area contributed by atoms with Crippen LogP contribution in [0.25, 0.3) is 0 Å². The molecule has 4 heteroatoms. The largest absolute Gasteiger partial charge is 0.393 e. The lowest BCUT2D eigenvalue weighted by molar-refractivity contribution is -0.154. The highest BCUT2D eigenvalue weighted by atomic mass is 16.3. The Morgan fingerprint density at radius 2 is 1.78 bits per heavy atom. The average Bonchev–Trinajstić information content (AvgIpc) is 2.76. The maximum absolute atomic E-state index is 11.0. The molecule has 9 atom stereocenters. The van der Waals surface area contributed by atoms with Gasteiger partial charge in [0.1, 0.15) is 0 Å². The van der Waals surface area contributed by atoms with Crippen LogP contribution in [0.4, 0.5) is 0 Å². The fraction of sp³-hybridized carbons (Fsp3) is 0.895. The van der Waals surface area contributed by atoms with Gasteiger partial charge in [-0.3, -0.25) is 0 Å². The number of aliphatic hydroxyl groups is 4. The molecule has 3 saturated carbocycles. The number of hydrogen-bond donors (Lipinski definition) is 4. The van der Waals surface area contributed by atoms with Crippen molar-refractivity contribution in [1.29, 1.82) is 0 Å². The van der Waals surface area contributed by atoms with Crippen molar-refractivity contribution in [3.05, 3.63) is 11.6 Å². The number of rotatable bonds is 0. The Kier molecular flexibility index (Phi) is 3.52. The van der Waals surface area contributed by atoms with Crippen LogP contribution in [0.15, 0.2) is 11.6 Å². The minimum absolute atomic E-state index is 0.132. The smallest absolute Gasteiger partial charge is 0.0759 e. The third kappa shape index (κ3) is 2.05. The van der Waals surface area contributed by atoms with Crippen LogP contribution >= 0.6 is 0 Å². The predicted molar refractivity (Wildman–Crippen MR) is 86.5 cm³/mol. The molecule has 1 unspecified atom stereocenters. The summed E-state index contributed by atoms with van der Waals surface area (Å²) < 4.78 is 0. The Morgan fingerprint density at radius 1 is 1.04 bits per heavy atom. The first-order valence-corrected chi connectivity index (χ1v) is 9.22. The van der Waals surface area contributed by atoms with Crippen LogP contribution in [0.2, 0.25) is 0 Å². The quantitative estimate of drug-likeness (QED) is 0.511. The molecule has 4 N–H and O–H groups in total. The third-order valence-corrected chi connectivity index (χ3v) is 7.98. The van der Waals surface area contributed by atoms with Crippen molar-refractivity contribution in [2.75, 3.05) is 0 Å². The van der Waals surface area contributed by atoms with E-state index in [1.165, 1.54) is 0 Å². The Bertz CT molecular complexity index is 531. The van der Waals surface area contributed by atoms with Gasteiger partial charge in [0.2, 0.25) is 0 Å². The summed E-state index contributed by atoms with van der Waals surface area (Å²) in [5.74, 6) is 0.770. The maximum Gasteiger partial charge on any atom is 0.0759 e. The molecule has 0 aromatic carbocycles. The molecule has 0 aliphatic heterocycles. The first-order valence-electron chi connectivity index (χ1n) is 9.22. The molecular formula is C19H30O4. The molecule has 0 heterocycles. The van der Waals surface area contributed by atoms with Crippen LogP contribution < -0.4 is 0 Å². The van der Waals surface area contributed by atoms with Crippen molar-refractivity contribution in [3.63, 3.8) is 0 Å². The van der Waals surface area contributed by atoms with E-state index in [0.29, 0.717) is 25.2 Å². The van der Waals surface area contributed by atoms with E-state index < -0.39 is 18.3 Å². The van der Waals surface area contributed by atoms with Crippen LogP contribution in [0.1, 0.15) is 52.4 Å². The topological polar surface area (TPSA) is 80.9 Å². The molecule has 0 amide bonds. The highest BCUT2D eigenvalue weighted by Gasteiger charge is 2.63. The van der Waals surface area contributed by atoms with Gasteiger partial charge < -0.3 is 20.4 Å². The molecule has 3 fully saturated rings. The van der Waals surface area contributed by atoms with Gasteiger partial charge in [0.15, 0.2) is 0 Å². The Morgan fingerprint density at radius 3 is 2.52 bits per heavy atom. The van der Waals surface area contributed by atoms with Crippen molar-refractivity contribution in [3.8, 4) is 0 Å². The van der Waals surface area contributed by atoms with E-state index in [1.807, 2.05) is 6.08 Å². The summed E-state index contributed by atoms with van der Waals surface area (Å²) in [6.45, 7) is 4.29. The first-order chi connectivity index (χ1) is 10.8. The van der Waals surface area contributed by atoms with Gasteiger partial charge in [-0.1, -0.05) is 19.9 Å². The minimum atomic E-state index is -0.525. The van der Waals surface area contributed by atoms with Crippen LogP contribution in [0.3, 0.4) is 0 Å². The molecule has 0 spiro atoms. The molecule has 0 aromatic heterocycles. The molecule has 4 aliphatic carbocycles. The monoisotopic (exact) mass is 322 g/mol. The summed E-state index contributed by atoms with van der Waals surface area (Å²) in [4.78, 5) is 0. The first kappa shape index (κ1) is 16.1. The Hall–Kier alpha value is -0.420. The summed E-state index contributed by atoms with van der Waals surface area (Å²) in [5.41, 5.74) is 0.501. The third-order valence-electron chi connectivity index (χ3n) is 7.98. The Balaban J connectivity index is 1.76. The zero-order valence-electron chi connectivity index (χ0n) is 14.2. The van der Waals surface area contributed by atoms with Gasteiger partial charge in [-0.05, 0) is 72.7 Å². The van der Waals surface area contributed by atoms with Crippen molar-refractivity contribution >= 4 is 0 Å². The van der Waals surface area contributed by atoms with Crippen molar-refractivity contribution in [2.45, 2.75) is 76.8 Å². The molecule has 23 heavy (non-hydrogen) atoms. The van der Waals surface area contributed by atoms with Crippen LogP contribution in [-0.2, 0) is 0 Å². The van der Waals surface area contributed by atoms with Crippen molar-refractivity contribution in [2.24, 2.45) is 28.6 Å². The fourth-order valence-corrected chi connectivity index (χ4v) is 6.86. The zero-order valence-corrected chi connectivity index (χ0v) is 14.2. The normalized spacial score (nSPS) is 58.9. The van der Waals surface area contributed by atoms with Gasteiger partial charge in [-0.15, -0.1) is 0 Å². The van der Waals surface area contributed by atoms with Crippen LogP contribution in [0, 0.1) is 28.6 Å². The van der Waals surface area contributed by atoms with Crippen LogP contribution in [0.5, 0.6) is 0 Å². The Labute approximate surface area is 138 Å². The van der Waals surface area contributed by atoms with E-state index in [-0.39, 0.29) is 28.8 Å². The van der Waals surface area contributed by atoms with Gasteiger partial charge in [-0.25, -0.2) is 0 Å². The van der Waals surface area contributed by atoms with Crippen molar-refractivity contribution < 1.29 is 20.4 Å². The number of hydrogen-bond acceptors (Lipinski definition) is 4. The molecular weight excluding hydrogens is 292 g/mol. The van der Waals surface area contributed by atoms with Gasteiger partial charge in [0.25, 0.3) is 0 Å². The molecule has 4 nitrogen and oxygen atoms in total. The van der Waals surface area contributed by atoms with Crippen molar-refractivity contribution in [1.82, 2.24) is 0 Å². The summed E-state index contributed by atoms with van der Waals surface area (Å²) in [7, 11) is 0. The standard InChI is InChI=1S/C19H30O4/c1-18-6-5-10(20)7-13(18)14(21)8-11-12-3-4-16(23)19(12,2)9-15(22)17(11)18/h7,10-12,14-17,20-23H,3-6,8-9H2,1-2H3/t10?,11-,12-,14+,15+,16-,17+,18-,19-/m0/s1. The molecule has 4 rings (SSSR count). The summed E-state index contributed by atoms with van der Waals surface area (Å²) in [5, 5.41) is 42.2. The van der Waals surface area contributed by atoms with E-state index >= 15 is 0 Å². The van der Waals surface area contributed by atoms with E-state index in [2.05, 4.69) is 13.8 Å². The van der Waals surface area contributed by atoms with Gasteiger partial charge >= 0.3 is 0 Å². The van der Waals surface area contributed by atoms with Crippen LogP contribution in [-0.4, -0.2) is 44.8 Å². The lowest BCUT2D eigenvalue weighted by Gasteiger charge is -2.60. The number of aliphatic hydroxyl groups excluding tert-OH is 4. The minimum Gasteiger partial charge on any atom is -0.393 e. The van der Waals surface area contributed by atoms with Gasteiger partial charge in [0.05, 0.1) is 24.4 Å². The lowest BCUT2D eigenvalue weighted by Crippen LogP contribution is -2.59. The molecule has 0 bridgehead atoms. The second kappa shape index (κ2) is 5.04. The van der Waals surface area contributed by atoms with E-state index in [4.69, 9.17) is 0 Å².